The lowest BCUT2D eigenvalue weighted by molar-refractivity contribution is -0.140. The smallest absolute Gasteiger partial charge is 0.300 e. The van der Waals surface area contributed by atoms with Crippen molar-refractivity contribution in [1.29, 1.82) is 5.26 Å². The van der Waals surface area contributed by atoms with E-state index < -0.39 is 6.04 Å². The number of benzene rings is 1. The second kappa shape index (κ2) is 11.1. The first-order chi connectivity index (χ1) is 15.5. The highest BCUT2D eigenvalue weighted by Gasteiger charge is 2.31. The van der Waals surface area contributed by atoms with Gasteiger partial charge in [0.1, 0.15) is 17.6 Å². The molecule has 0 saturated carbocycles. The number of amides is 2. The van der Waals surface area contributed by atoms with Crippen LogP contribution in [-0.2, 0) is 9.59 Å². The van der Waals surface area contributed by atoms with Crippen LogP contribution in [0.3, 0.4) is 0 Å². The van der Waals surface area contributed by atoms with Gasteiger partial charge in [0.05, 0.1) is 26.3 Å². The van der Waals surface area contributed by atoms with Gasteiger partial charge in [-0.05, 0) is 44.2 Å². The number of nitrogens with one attached hydrogen (secondary N) is 2. The molecule has 0 aromatic heterocycles. The van der Waals surface area contributed by atoms with Crippen LogP contribution in [0.2, 0.25) is 0 Å². The molecule has 32 heavy (non-hydrogen) atoms. The maximum Gasteiger partial charge on any atom is 0.300 e. The van der Waals surface area contributed by atoms with Crippen LogP contribution in [0.1, 0.15) is 32.1 Å². The second-order valence-corrected chi connectivity index (χ2v) is 7.84. The van der Waals surface area contributed by atoms with Crippen molar-refractivity contribution >= 4 is 17.5 Å². The molecule has 2 saturated heterocycles. The summed E-state index contributed by atoms with van der Waals surface area (Å²) in [5.74, 6) is 0.567. The van der Waals surface area contributed by atoms with Crippen molar-refractivity contribution in [2.75, 3.05) is 38.6 Å². The Morgan fingerprint density at radius 3 is 2.72 bits per heavy atom. The van der Waals surface area contributed by atoms with Crippen molar-refractivity contribution in [3.63, 3.8) is 0 Å². The Morgan fingerprint density at radius 2 is 2.03 bits per heavy atom. The molecule has 0 spiro atoms. The van der Waals surface area contributed by atoms with Crippen LogP contribution in [0.15, 0.2) is 35.8 Å². The van der Waals surface area contributed by atoms with Crippen molar-refractivity contribution in [3.05, 3.63) is 47.2 Å². The number of ether oxygens (including phenoxy) is 1. The quantitative estimate of drug-likeness (QED) is 0.502. The molecular formula is C23H28N6O3. The number of hydrogen-bond acceptors (Lipinski definition) is 6. The molecule has 1 aromatic carbocycles. The lowest BCUT2D eigenvalue weighted by Gasteiger charge is -2.28. The number of methoxy groups -OCH3 is 1. The Kier molecular flexibility index (Phi) is 7.93. The molecule has 3 rings (SSSR count). The molecule has 1 aromatic rings. The summed E-state index contributed by atoms with van der Waals surface area (Å²) in [6.45, 7) is 9.44. The Labute approximate surface area is 188 Å². The molecule has 0 aliphatic carbocycles. The maximum atomic E-state index is 13.2. The second-order valence-electron chi connectivity index (χ2n) is 7.84. The number of nitriles is 1. The van der Waals surface area contributed by atoms with Gasteiger partial charge in [0.15, 0.2) is 0 Å². The third-order valence-corrected chi connectivity index (χ3v) is 5.68. The average Bonchev–Trinajstić information content (AvgIpc) is 3.30. The van der Waals surface area contributed by atoms with E-state index in [0.717, 1.165) is 38.8 Å². The summed E-state index contributed by atoms with van der Waals surface area (Å²) >= 11 is 0. The molecule has 2 heterocycles. The number of allylic oxidation sites excluding steroid dienone is 1. The largest absolute Gasteiger partial charge is 0.497 e. The summed E-state index contributed by atoms with van der Waals surface area (Å²) in [5, 5.41) is 15.6. The van der Waals surface area contributed by atoms with Gasteiger partial charge in [0.25, 0.3) is 0 Å². The van der Waals surface area contributed by atoms with Gasteiger partial charge in [0.2, 0.25) is 11.8 Å². The molecule has 2 aliphatic heterocycles. The van der Waals surface area contributed by atoms with Crippen LogP contribution in [0.5, 0.6) is 5.75 Å². The molecular weight excluding hydrogens is 408 g/mol. The molecule has 9 heteroatoms. The zero-order chi connectivity index (χ0) is 22.9. The lowest BCUT2D eigenvalue weighted by atomic mass is 10.1. The van der Waals surface area contributed by atoms with Crippen LogP contribution in [-0.4, -0.2) is 60.9 Å². The Hall–Kier alpha value is -3.72. The zero-order valence-electron chi connectivity index (χ0n) is 18.3. The van der Waals surface area contributed by atoms with Gasteiger partial charge in [0, 0.05) is 31.4 Å². The number of rotatable bonds is 7. The number of likely N-dealkylation sites (tertiary alicyclic amines) is 2. The molecule has 2 aliphatic rings. The van der Waals surface area contributed by atoms with E-state index in [4.69, 9.17) is 11.3 Å². The first-order valence-corrected chi connectivity index (χ1v) is 10.8. The van der Waals surface area contributed by atoms with Gasteiger partial charge < -0.3 is 25.2 Å². The van der Waals surface area contributed by atoms with Crippen LogP contribution >= 0.6 is 0 Å². The number of carbonyl (C=O) groups is 2. The van der Waals surface area contributed by atoms with E-state index in [1.54, 1.807) is 36.3 Å². The van der Waals surface area contributed by atoms with E-state index >= 15 is 0 Å². The summed E-state index contributed by atoms with van der Waals surface area (Å²) < 4.78 is 5.23. The fourth-order valence-corrected chi connectivity index (χ4v) is 3.95. The molecule has 2 amide bonds. The van der Waals surface area contributed by atoms with Crippen LogP contribution in [0, 0.1) is 17.9 Å². The van der Waals surface area contributed by atoms with Gasteiger partial charge in [-0.1, -0.05) is 6.07 Å². The van der Waals surface area contributed by atoms with Gasteiger partial charge >= 0.3 is 5.70 Å². The number of anilines is 1. The minimum Gasteiger partial charge on any atom is -0.497 e. The molecule has 1 unspecified atom stereocenters. The molecule has 168 valence electrons. The number of carbonyl (C=O) groups excluding carboxylic acids is 2. The lowest BCUT2D eigenvalue weighted by Crippen LogP contribution is -2.49. The minimum atomic E-state index is -0.637. The topological polar surface area (TPSA) is 102 Å². The SMILES string of the molecule is [C-]#[N+]/C(C#N)=C(\Nc1cccc(OC)c1)NC1CCCCN(CC(=O)N2CCCC2)C1=O. The van der Waals surface area contributed by atoms with E-state index in [2.05, 4.69) is 15.5 Å². The summed E-state index contributed by atoms with van der Waals surface area (Å²) in [4.78, 5) is 32.6. The standard InChI is InChI=1S/C23H28N6O3/c1-25-20(15-24)22(26-17-8-7-9-18(14-17)32-2)27-19-10-3-4-13-29(23(19)31)16-21(30)28-11-5-6-12-28/h7-9,14,19,26-27H,3-6,10-13,16H2,2H3/b22-20+. The summed E-state index contributed by atoms with van der Waals surface area (Å²) in [6.07, 6.45) is 4.15. The number of hydrogen-bond donors (Lipinski definition) is 2. The third kappa shape index (κ3) is 5.70. The van der Waals surface area contributed by atoms with E-state index in [9.17, 15) is 14.9 Å². The Bertz CT molecular complexity index is 939. The van der Waals surface area contributed by atoms with E-state index in [-0.39, 0.29) is 29.9 Å². The highest BCUT2D eigenvalue weighted by atomic mass is 16.5. The summed E-state index contributed by atoms with van der Waals surface area (Å²) in [7, 11) is 1.55. The highest BCUT2D eigenvalue weighted by Crippen LogP contribution is 2.21. The summed E-state index contributed by atoms with van der Waals surface area (Å²) in [6, 6.07) is 8.32. The first kappa shape index (κ1) is 23.0. The van der Waals surface area contributed by atoms with Gasteiger partial charge in [-0.15, -0.1) is 0 Å². The molecule has 1 atom stereocenters. The van der Waals surface area contributed by atoms with Crippen LogP contribution in [0.25, 0.3) is 4.85 Å². The van der Waals surface area contributed by atoms with E-state index in [0.29, 0.717) is 24.4 Å². The Balaban J connectivity index is 1.77. The molecule has 9 nitrogen and oxygen atoms in total. The fraction of sp³-hybridized carbons (Fsp3) is 0.478. The summed E-state index contributed by atoms with van der Waals surface area (Å²) in [5.41, 5.74) is 0.440. The van der Waals surface area contributed by atoms with Gasteiger partial charge in [-0.2, -0.15) is 0 Å². The molecule has 2 N–H and O–H groups in total. The predicted octanol–water partition coefficient (Wildman–Crippen LogP) is 2.31. The minimum absolute atomic E-state index is 0.0272. The van der Waals surface area contributed by atoms with Gasteiger partial charge in [-0.25, -0.2) is 10.1 Å². The van der Waals surface area contributed by atoms with Crippen LogP contribution < -0.4 is 15.4 Å². The van der Waals surface area contributed by atoms with Crippen molar-refractivity contribution in [3.8, 4) is 11.8 Å². The van der Waals surface area contributed by atoms with Crippen molar-refractivity contribution < 1.29 is 14.3 Å². The first-order valence-electron chi connectivity index (χ1n) is 10.8. The average molecular weight is 437 g/mol. The maximum absolute atomic E-state index is 13.2. The van der Waals surface area contributed by atoms with Crippen LogP contribution in [0.4, 0.5) is 5.69 Å². The zero-order valence-corrected chi connectivity index (χ0v) is 18.3. The van der Waals surface area contributed by atoms with Crippen molar-refractivity contribution in [1.82, 2.24) is 15.1 Å². The molecule has 0 radical (unpaired) electrons. The Morgan fingerprint density at radius 1 is 1.28 bits per heavy atom. The number of nitrogens with zero attached hydrogens (tertiary/aromatic N) is 4. The fourth-order valence-electron chi connectivity index (χ4n) is 3.95. The third-order valence-electron chi connectivity index (χ3n) is 5.68. The normalized spacial score (nSPS) is 19.3. The predicted molar refractivity (Wildman–Crippen MR) is 119 cm³/mol. The highest BCUT2D eigenvalue weighted by molar-refractivity contribution is 5.88. The van der Waals surface area contributed by atoms with Gasteiger partial charge in [-0.3, -0.25) is 9.59 Å². The monoisotopic (exact) mass is 436 g/mol. The van der Waals surface area contributed by atoms with Crippen molar-refractivity contribution in [2.24, 2.45) is 0 Å². The van der Waals surface area contributed by atoms with Crippen molar-refractivity contribution in [2.45, 2.75) is 38.1 Å². The molecule has 0 bridgehead atoms. The van der Waals surface area contributed by atoms with E-state index in [1.807, 2.05) is 11.0 Å². The molecule has 2 fully saturated rings. The van der Waals surface area contributed by atoms with E-state index in [1.165, 1.54) is 0 Å².